The molecule has 68 valence electrons. The lowest BCUT2D eigenvalue weighted by Gasteiger charge is -2.00. The first-order valence-electron chi connectivity index (χ1n) is 4.23. The zero-order valence-corrected chi connectivity index (χ0v) is 8.57. The van der Waals surface area contributed by atoms with E-state index in [9.17, 15) is 0 Å². The molecule has 12 heavy (non-hydrogen) atoms. The number of nitrogens with one attached hydrogen (secondary N) is 1. The Morgan fingerprint density at radius 2 is 2.17 bits per heavy atom. The zero-order valence-electron chi connectivity index (χ0n) is 7.82. The van der Waals surface area contributed by atoms with Gasteiger partial charge in [-0.25, -0.2) is 4.98 Å². The molecule has 0 aliphatic carbocycles. The van der Waals surface area contributed by atoms with Crippen LogP contribution in [0.4, 0.5) is 0 Å². The molecule has 1 aromatic heterocycles. The Bertz CT molecular complexity index is 253. The lowest BCUT2D eigenvalue weighted by atomic mass is 10.1. The Labute approximate surface area is 78.4 Å². The van der Waals surface area contributed by atoms with E-state index < -0.39 is 0 Å². The zero-order chi connectivity index (χ0) is 9.14. The molecule has 1 aromatic rings. The summed E-state index contributed by atoms with van der Waals surface area (Å²) < 4.78 is 0. The smallest absolute Gasteiger partial charge is 0.121 e. The van der Waals surface area contributed by atoms with Gasteiger partial charge >= 0.3 is 0 Å². The highest BCUT2D eigenvalue weighted by molar-refractivity contribution is 6.16. The molecule has 2 nitrogen and oxygen atoms in total. The van der Waals surface area contributed by atoms with Gasteiger partial charge in [0.15, 0.2) is 0 Å². The number of aromatic nitrogens is 2. The molecule has 0 atom stereocenters. The SMILES string of the molecule is Cc1[nH]c(CCl)nc1CC(C)C. The van der Waals surface area contributed by atoms with Crippen molar-refractivity contribution in [2.24, 2.45) is 5.92 Å². The molecule has 0 saturated heterocycles. The van der Waals surface area contributed by atoms with Crippen LogP contribution in [0.1, 0.15) is 31.1 Å². The Balaban J connectivity index is 2.77. The number of halogens is 1. The fourth-order valence-electron chi connectivity index (χ4n) is 1.21. The van der Waals surface area contributed by atoms with Gasteiger partial charge in [0.25, 0.3) is 0 Å². The molecule has 0 saturated carbocycles. The molecule has 0 unspecified atom stereocenters. The van der Waals surface area contributed by atoms with E-state index in [1.54, 1.807) is 0 Å². The standard InChI is InChI=1S/C9H15ClN2/c1-6(2)4-8-7(3)11-9(5-10)12-8/h6H,4-5H2,1-3H3,(H,11,12). The van der Waals surface area contributed by atoms with E-state index in [-0.39, 0.29) is 0 Å². The summed E-state index contributed by atoms with van der Waals surface area (Å²) >= 11 is 5.66. The number of alkyl halides is 1. The molecule has 0 fully saturated rings. The summed E-state index contributed by atoms with van der Waals surface area (Å²) in [6.07, 6.45) is 1.03. The van der Waals surface area contributed by atoms with Crippen molar-refractivity contribution in [1.82, 2.24) is 9.97 Å². The van der Waals surface area contributed by atoms with Gasteiger partial charge in [0.2, 0.25) is 0 Å². The van der Waals surface area contributed by atoms with Crippen LogP contribution >= 0.6 is 11.6 Å². The van der Waals surface area contributed by atoms with Crippen molar-refractivity contribution in [1.29, 1.82) is 0 Å². The van der Waals surface area contributed by atoms with Gasteiger partial charge in [-0.1, -0.05) is 13.8 Å². The lowest BCUT2D eigenvalue weighted by Crippen LogP contribution is -1.96. The van der Waals surface area contributed by atoms with Crippen molar-refractivity contribution < 1.29 is 0 Å². The first-order valence-corrected chi connectivity index (χ1v) is 4.77. The molecule has 0 aliphatic rings. The third-order valence-electron chi connectivity index (χ3n) is 1.76. The third kappa shape index (κ3) is 2.24. The molecule has 0 amide bonds. The average Bonchev–Trinajstić information content (AvgIpc) is 2.31. The molecule has 0 aliphatic heterocycles. The van der Waals surface area contributed by atoms with Crippen LogP contribution in [-0.2, 0) is 12.3 Å². The Morgan fingerprint density at radius 1 is 1.50 bits per heavy atom. The highest BCUT2D eigenvalue weighted by Gasteiger charge is 2.06. The van der Waals surface area contributed by atoms with E-state index in [4.69, 9.17) is 11.6 Å². The minimum atomic E-state index is 0.471. The van der Waals surface area contributed by atoms with Crippen molar-refractivity contribution in [3.63, 3.8) is 0 Å². The quantitative estimate of drug-likeness (QED) is 0.723. The van der Waals surface area contributed by atoms with Crippen LogP contribution < -0.4 is 0 Å². The van der Waals surface area contributed by atoms with Crippen molar-refractivity contribution >= 4 is 11.6 Å². The van der Waals surface area contributed by atoms with Crippen molar-refractivity contribution in [2.45, 2.75) is 33.1 Å². The Hall–Kier alpha value is -0.500. The largest absolute Gasteiger partial charge is 0.345 e. The number of H-pyrrole nitrogens is 1. The minimum Gasteiger partial charge on any atom is -0.345 e. The average molecular weight is 187 g/mol. The second-order valence-corrected chi connectivity index (χ2v) is 3.75. The fraction of sp³-hybridized carbons (Fsp3) is 0.667. The molecule has 0 bridgehead atoms. The van der Waals surface area contributed by atoms with Gasteiger partial charge in [-0.15, -0.1) is 11.6 Å². The maximum absolute atomic E-state index is 5.66. The second kappa shape index (κ2) is 3.94. The van der Waals surface area contributed by atoms with Crippen LogP contribution in [0.15, 0.2) is 0 Å². The molecular formula is C9H15ClN2. The van der Waals surface area contributed by atoms with Crippen LogP contribution in [0.25, 0.3) is 0 Å². The van der Waals surface area contributed by atoms with Crippen molar-refractivity contribution in [3.8, 4) is 0 Å². The number of hydrogen-bond acceptors (Lipinski definition) is 1. The Kier molecular flexibility index (Phi) is 3.15. The van der Waals surface area contributed by atoms with E-state index in [0.717, 1.165) is 23.6 Å². The van der Waals surface area contributed by atoms with Crippen LogP contribution in [0.2, 0.25) is 0 Å². The number of hydrogen-bond donors (Lipinski definition) is 1. The van der Waals surface area contributed by atoms with Gasteiger partial charge in [-0.3, -0.25) is 0 Å². The summed E-state index contributed by atoms with van der Waals surface area (Å²) in [6, 6.07) is 0. The van der Waals surface area contributed by atoms with E-state index in [1.165, 1.54) is 0 Å². The highest BCUT2D eigenvalue weighted by Crippen LogP contribution is 2.11. The van der Waals surface area contributed by atoms with Crippen LogP contribution in [0, 0.1) is 12.8 Å². The second-order valence-electron chi connectivity index (χ2n) is 3.49. The summed E-state index contributed by atoms with van der Waals surface area (Å²) in [5.74, 6) is 2.00. The summed E-state index contributed by atoms with van der Waals surface area (Å²) in [4.78, 5) is 7.54. The molecule has 3 heteroatoms. The molecule has 0 radical (unpaired) electrons. The minimum absolute atomic E-state index is 0.471. The van der Waals surface area contributed by atoms with E-state index in [2.05, 4.69) is 23.8 Å². The maximum atomic E-state index is 5.66. The number of aromatic amines is 1. The third-order valence-corrected chi connectivity index (χ3v) is 2.02. The van der Waals surface area contributed by atoms with E-state index >= 15 is 0 Å². The summed E-state index contributed by atoms with van der Waals surface area (Å²) in [7, 11) is 0. The predicted molar refractivity (Wildman–Crippen MR) is 51.4 cm³/mol. The number of rotatable bonds is 3. The molecule has 1 N–H and O–H groups in total. The molecule has 1 heterocycles. The molecule has 0 spiro atoms. The fourth-order valence-corrected chi connectivity index (χ4v) is 1.34. The van der Waals surface area contributed by atoms with Gasteiger partial charge < -0.3 is 4.98 Å². The molecule has 0 aromatic carbocycles. The van der Waals surface area contributed by atoms with Crippen molar-refractivity contribution in [2.75, 3.05) is 0 Å². The maximum Gasteiger partial charge on any atom is 0.121 e. The summed E-state index contributed by atoms with van der Waals surface area (Å²) in [5.41, 5.74) is 2.31. The predicted octanol–water partition coefficient (Wildman–Crippen LogP) is 2.66. The highest BCUT2D eigenvalue weighted by atomic mass is 35.5. The summed E-state index contributed by atoms with van der Waals surface area (Å²) in [6.45, 7) is 6.42. The van der Waals surface area contributed by atoms with Crippen LogP contribution in [-0.4, -0.2) is 9.97 Å². The number of nitrogens with zero attached hydrogens (tertiary/aromatic N) is 1. The van der Waals surface area contributed by atoms with Crippen molar-refractivity contribution in [3.05, 3.63) is 17.2 Å². The first-order chi connectivity index (χ1) is 5.63. The van der Waals surface area contributed by atoms with Gasteiger partial charge in [0.05, 0.1) is 11.6 Å². The normalized spacial score (nSPS) is 11.1. The van der Waals surface area contributed by atoms with Gasteiger partial charge in [-0.05, 0) is 19.3 Å². The van der Waals surface area contributed by atoms with Gasteiger partial charge in [0.1, 0.15) is 5.82 Å². The van der Waals surface area contributed by atoms with Gasteiger partial charge in [0, 0.05) is 5.69 Å². The van der Waals surface area contributed by atoms with Gasteiger partial charge in [-0.2, -0.15) is 0 Å². The molecule has 1 rings (SSSR count). The van der Waals surface area contributed by atoms with E-state index in [0.29, 0.717) is 11.8 Å². The van der Waals surface area contributed by atoms with Crippen LogP contribution in [0.5, 0.6) is 0 Å². The lowest BCUT2D eigenvalue weighted by molar-refractivity contribution is 0.634. The monoisotopic (exact) mass is 186 g/mol. The Morgan fingerprint density at radius 3 is 2.58 bits per heavy atom. The number of imidazole rings is 1. The van der Waals surface area contributed by atoms with E-state index in [1.807, 2.05) is 6.92 Å². The summed E-state index contributed by atoms with van der Waals surface area (Å²) in [5, 5.41) is 0. The van der Waals surface area contributed by atoms with Crippen LogP contribution in [0.3, 0.4) is 0 Å². The molecular weight excluding hydrogens is 172 g/mol. The topological polar surface area (TPSA) is 28.7 Å². The number of aryl methyl sites for hydroxylation is 1. The first kappa shape index (κ1) is 9.59.